The van der Waals surface area contributed by atoms with Crippen LogP contribution in [-0.4, -0.2) is 17.6 Å². The van der Waals surface area contributed by atoms with Crippen molar-refractivity contribution in [3.05, 3.63) is 58.1 Å². The molecule has 0 fully saturated rings. The second-order valence-electron chi connectivity index (χ2n) is 5.62. The monoisotopic (exact) mass is 410 g/mol. The summed E-state index contributed by atoms with van der Waals surface area (Å²) in [6.07, 6.45) is 3.14. The number of anilines is 1. The van der Waals surface area contributed by atoms with E-state index < -0.39 is 0 Å². The van der Waals surface area contributed by atoms with Crippen molar-refractivity contribution < 1.29 is 9.53 Å². The van der Waals surface area contributed by atoms with Gasteiger partial charge in [0.2, 0.25) is 0 Å². The summed E-state index contributed by atoms with van der Waals surface area (Å²) in [6.45, 7) is 2.70. The van der Waals surface area contributed by atoms with Gasteiger partial charge in [0, 0.05) is 15.7 Å². The van der Waals surface area contributed by atoms with Crippen LogP contribution in [0, 0.1) is 0 Å². The van der Waals surface area contributed by atoms with Gasteiger partial charge in [0.25, 0.3) is 5.91 Å². The Labute approximate surface area is 168 Å². The summed E-state index contributed by atoms with van der Waals surface area (Å²) in [5.74, 6) is 0.191. The van der Waals surface area contributed by atoms with Gasteiger partial charge in [0.15, 0.2) is 5.11 Å². The number of benzene rings is 2. The topological polar surface area (TPSA) is 50.4 Å². The lowest BCUT2D eigenvalue weighted by molar-refractivity contribution is 0.0973. The second-order valence-corrected chi connectivity index (χ2v) is 6.90. The number of ether oxygens (including phenoxy) is 1. The molecule has 4 nitrogen and oxygen atoms in total. The van der Waals surface area contributed by atoms with Crippen molar-refractivity contribution >= 4 is 52.1 Å². The zero-order chi connectivity index (χ0) is 18.9. The van der Waals surface area contributed by atoms with E-state index in [2.05, 4.69) is 17.6 Å². The van der Waals surface area contributed by atoms with E-state index in [0.29, 0.717) is 33.7 Å². The van der Waals surface area contributed by atoms with Gasteiger partial charge in [-0.15, -0.1) is 0 Å². The molecule has 138 valence electrons. The summed E-state index contributed by atoms with van der Waals surface area (Å²) in [5, 5.41) is 6.63. The van der Waals surface area contributed by atoms with Gasteiger partial charge in [-0.3, -0.25) is 10.1 Å². The van der Waals surface area contributed by atoms with E-state index in [0.717, 1.165) is 19.3 Å². The maximum Gasteiger partial charge on any atom is 0.261 e. The Balaban J connectivity index is 1.99. The highest BCUT2D eigenvalue weighted by atomic mass is 35.5. The molecular weight excluding hydrogens is 391 g/mol. The number of nitrogens with one attached hydrogen (secondary N) is 2. The molecule has 26 heavy (non-hydrogen) atoms. The van der Waals surface area contributed by atoms with Gasteiger partial charge in [-0.25, -0.2) is 0 Å². The van der Waals surface area contributed by atoms with Crippen molar-refractivity contribution in [1.82, 2.24) is 5.32 Å². The van der Waals surface area contributed by atoms with Crippen molar-refractivity contribution in [3.8, 4) is 5.75 Å². The second kappa shape index (κ2) is 10.4. The van der Waals surface area contributed by atoms with Gasteiger partial charge in [-0.05, 0) is 49.0 Å². The lowest BCUT2D eigenvalue weighted by Crippen LogP contribution is -2.34. The minimum Gasteiger partial charge on any atom is -0.493 e. The molecule has 1 amide bonds. The summed E-state index contributed by atoms with van der Waals surface area (Å²) >= 11 is 17.1. The third kappa shape index (κ3) is 6.48. The van der Waals surface area contributed by atoms with E-state index in [4.69, 9.17) is 40.2 Å². The molecule has 0 saturated heterocycles. The molecule has 0 aliphatic heterocycles. The summed E-state index contributed by atoms with van der Waals surface area (Å²) in [4.78, 5) is 12.5. The number of rotatable bonds is 7. The lowest BCUT2D eigenvalue weighted by atomic mass is 10.2. The minimum absolute atomic E-state index is 0.147. The van der Waals surface area contributed by atoms with E-state index in [9.17, 15) is 4.79 Å². The highest BCUT2D eigenvalue weighted by Gasteiger charge is 2.13. The molecule has 0 bridgehead atoms. The van der Waals surface area contributed by atoms with Crippen LogP contribution >= 0.6 is 35.4 Å². The van der Waals surface area contributed by atoms with Crippen molar-refractivity contribution in [2.45, 2.75) is 26.2 Å². The Morgan fingerprint density at radius 3 is 2.50 bits per heavy atom. The number of halogens is 2. The van der Waals surface area contributed by atoms with Gasteiger partial charge in [-0.2, -0.15) is 0 Å². The van der Waals surface area contributed by atoms with Crippen molar-refractivity contribution in [3.63, 3.8) is 0 Å². The zero-order valence-electron chi connectivity index (χ0n) is 14.4. The Kier molecular flexibility index (Phi) is 8.16. The summed E-state index contributed by atoms with van der Waals surface area (Å²) < 4.78 is 5.73. The SMILES string of the molecule is CCCCCOc1ccccc1C(=O)NC(=S)Nc1cc(Cl)cc(Cl)c1. The molecular formula is C19H20Cl2N2O2S. The number of hydrogen-bond acceptors (Lipinski definition) is 3. The van der Waals surface area contributed by atoms with Crippen LogP contribution in [0.4, 0.5) is 5.69 Å². The van der Waals surface area contributed by atoms with Gasteiger partial charge < -0.3 is 10.1 Å². The van der Waals surface area contributed by atoms with Crippen LogP contribution < -0.4 is 15.4 Å². The molecule has 0 atom stereocenters. The van der Waals surface area contributed by atoms with Crippen molar-refractivity contribution in [2.75, 3.05) is 11.9 Å². The van der Waals surface area contributed by atoms with Crippen LogP contribution in [0.1, 0.15) is 36.5 Å². The summed E-state index contributed by atoms with van der Waals surface area (Å²) in [5.41, 5.74) is 1.02. The van der Waals surface area contributed by atoms with Crippen LogP contribution in [0.15, 0.2) is 42.5 Å². The predicted octanol–water partition coefficient (Wildman–Crippen LogP) is 5.69. The smallest absolute Gasteiger partial charge is 0.261 e. The maximum atomic E-state index is 12.5. The Morgan fingerprint density at radius 2 is 1.81 bits per heavy atom. The Bertz CT molecular complexity index is 764. The highest BCUT2D eigenvalue weighted by molar-refractivity contribution is 7.80. The van der Waals surface area contributed by atoms with Gasteiger partial charge >= 0.3 is 0 Å². The largest absolute Gasteiger partial charge is 0.493 e. The lowest BCUT2D eigenvalue weighted by Gasteiger charge is -2.13. The van der Waals surface area contributed by atoms with Gasteiger partial charge in [0.05, 0.1) is 12.2 Å². The molecule has 0 aliphatic carbocycles. The normalized spacial score (nSPS) is 10.3. The summed E-state index contributed by atoms with van der Waals surface area (Å²) in [6, 6.07) is 12.0. The number of thiocarbonyl (C=S) groups is 1. The number of amides is 1. The molecule has 2 aromatic carbocycles. The molecule has 0 heterocycles. The first-order valence-corrected chi connectivity index (χ1v) is 9.46. The third-order valence-corrected chi connectivity index (χ3v) is 4.13. The number of hydrogen-bond donors (Lipinski definition) is 2. The minimum atomic E-state index is -0.346. The van der Waals surface area contributed by atoms with E-state index in [1.54, 1.807) is 36.4 Å². The number of unbranched alkanes of at least 4 members (excludes halogenated alkanes) is 2. The average Bonchev–Trinajstić information content (AvgIpc) is 2.58. The van der Waals surface area contributed by atoms with Crippen LogP contribution in [0.25, 0.3) is 0 Å². The summed E-state index contributed by atoms with van der Waals surface area (Å²) in [7, 11) is 0. The Hall–Kier alpha value is -1.82. The quantitative estimate of drug-likeness (QED) is 0.454. The molecule has 2 N–H and O–H groups in total. The fourth-order valence-corrected chi connectivity index (χ4v) is 3.01. The third-order valence-electron chi connectivity index (χ3n) is 3.48. The molecule has 0 aliphatic rings. The van der Waals surface area contributed by atoms with Crippen molar-refractivity contribution in [2.24, 2.45) is 0 Å². The first-order valence-electron chi connectivity index (χ1n) is 8.30. The molecule has 2 rings (SSSR count). The molecule has 0 saturated carbocycles. The molecule has 0 spiro atoms. The van der Waals surface area contributed by atoms with Crippen LogP contribution in [0.2, 0.25) is 10.0 Å². The Morgan fingerprint density at radius 1 is 1.12 bits per heavy atom. The van der Waals surface area contributed by atoms with Crippen LogP contribution in [0.3, 0.4) is 0 Å². The van der Waals surface area contributed by atoms with Crippen LogP contribution in [-0.2, 0) is 0 Å². The van der Waals surface area contributed by atoms with E-state index in [1.807, 2.05) is 6.07 Å². The standard InChI is InChI=1S/C19H20Cl2N2O2S/c1-2-3-6-9-25-17-8-5-4-7-16(17)18(24)23-19(26)22-15-11-13(20)10-14(21)12-15/h4-5,7-8,10-12H,2-3,6,9H2,1H3,(H2,22,23,24,26). The number of carbonyl (C=O) groups is 1. The molecule has 7 heteroatoms. The van der Waals surface area contributed by atoms with E-state index in [1.165, 1.54) is 0 Å². The van der Waals surface area contributed by atoms with E-state index >= 15 is 0 Å². The maximum absolute atomic E-state index is 12.5. The molecule has 0 radical (unpaired) electrons. The number of carbonyl (C=O) groups excluding carboxylic acids is 1. The highest BCUT2D eigenvalue weighted by Crippen LogP contribution is 2.22. The molecule has 0 unspecified atom stereocenters. The molecule has 0 aromatic heterocycles. The first kappa shape index (κ1) is 20.5. The van der Waals surface area contributed by atoms with Gasteiger partial charge in [-0.1, -0.05) is 55.1 Å². The molecule has 2 aromatic rings. The van der Waals surface area contributed by atoms with E-state index in [-0.39, 0.29) is 11.0 Å². The average molecular weight is 411 g/mol. The fraction of sp³-hybridized carbons (Fsp3) is 0.263. The number of para-hydroxylation sites is 1. The van der Waals surface area contributed by atoms with Crippen LogP contribution in [0.5, 0.6) is 5.75 Å². The zero-order valence-corrected chi connectivity index (χ0v) is 16.7. The predicted molar refractivity (Wildman–Crippen MR) is 112 cm³/mol. The fourth-order valence-electron chi connectivity index (χ4n) is 2.27. The van der Waals surface area contributed by atoms with Crippen molar-refractivity contribution in [1.29, 1.82) is 0 Å². The first-order chi connectivity index (χ1) is 12.5. The van der Waals surface area contributed by atoms with Gasteiger partial charge in [0.1, 0.15) is 5.75 Å².